The van der Waals surface area contributed by atoms with Crippen molar-refractivity contribution >= 4 is 5.97 Å². The second kappa shape index (κ2) is 7.80. The van der Waals surface area contributed by atoms with E-state index >= 15 is 0 Å². The van der Waals surface area contributed by atoms with Crippen molar-refractivity contribution in [2.75, 3.05) is 6.61 Å². The molecule has 0 rings (SSSR count). The summed E-state index contributed by atoms with van der Waals surface area (Å²) in [4.78, 5) is 10.6. The van der Waals surface area contributed by atoms with Crippen molar-refractivity contribution in [3.63, 3.8) is 0 Å². The molecule has 0 saturated carbocycles. The van der Waals surface area contributed by atoms with Gasteiger partial charge in [0.1, 0.15) is 0 Å². The molecule has 0 saturated heterocycles. The minimum atomic E-state index is -0.589. The highest BCUT2D eigenvalue weighted by molar-refractivity contribution is 5.66. The molecule has 0 aliphatic carbocycles. The zero-order valence-electron chi connectivity index (χ0n) is 8.41. The van der Waals surface area contributed by atoms with Gasteiger partial charge in [0.05, 0.1) is 6.61 Å². The van der Waals surface area contributed by atoms with Crippen LogP contribution >= 0.6 is 0 Å². The molecule has 76 valence electrons. The van der Waals surface area contributed by atoms with E-state index in [-0.39, 0.29) is 5.97 Å². The molecule has 0 bridgehead atoms. The quantitative estimate of drug-likeness (QED) is 0.265. The Hall–Kier alpha value is -0.830. The molecular formula is C10H18O3. The van der Waals surface area contributed by atoms with Gasteiger partial charge < -0.3 is 9.47 Å². The van der Waals surface area contributed by atoms with Gasteiger partial charge in [0.15, 0.2) is 0 Å². The Morgan fingerprint density at radius 2 is 2.23 bits per heavy atom. The summed E-state index contributed by atoms with van der Waals surface area (Å²) in [6, 6.07) is 0. The van der Waals surface area contributed by atoms with Crippen LogP contribution in [0.15, 0.2) is 12.7 Å². The van der Waals surface area contributed by atoms with Crippen LogP contribution in [0.1, 0.15) is 33.1 Å². The van der Waals surface area contributed by atoms with Crippen LogP contribution in [-0.4, -0.2) is 18.9 Å². The zero-order valence-corrected chi connectivity index (χ0v) is 8.41. The Bertz CT molecular complexity index is 154. The summed E-state index contributed by atoms with van der Waals surface area (Å²) in [5.41, 5.74) is 0. The van der Waals surface area contributed by atoms with E-state index in [0.717, 1.165) is 19.3 Å². The van der Waals surface area contributed by atoms with Gasteiger partial charge >= 0.3 is 5.97 Å². The van der Waals surface area contributed by atoms with Crippen LogP contribution in [0, 0.1) is 0 Å². The van der Waals surface area contributed by atoms with E-state index in [1.165, 1.54) is 13.0 Å². The standard InChI is InChI=1S/C10H18O3/c1-4-6-7-8-12-10(5-2)13-9(3)11/h5,10H,2,4,6-8H2,1,3H3. The Kier molecular flexibility index (Phi) is 7.30. The lowest BCUT2D eigenvalue weighted by Gasteiger charge is -2.13. The topological polar surface area (TPSA) is 35.5 Å². The highest BCUT2D eigenvalue weighted by Crippen LogP contribution is 2.00. The van der Waals surface area contributed by atoms with Gasteiger partial charge in [0.2, 0.25) is 6.29 Å². The van der Waals surface area contributed by atoms with E-state index in [9.17, 15) is 4.79 Å². The first-order valence-corrected chi connectivity index (χ1v) is 4.62. The molecule has 1 atom stereocenters. The van der Waals surface area contributed by atoms with E-state index in [2.05, 4.69) is 13.5 Å². The molecule has 3 nitrogen and oxygen atoms in total. The molecule has 0 aromatic rings. The number of esters is 1. The predicted octanol–water partition coefficient (Wildman–Crippen LogP) is 2.27. The maximum Gasteiger partial charge on any atom is 0.305 e. The lowest BCUT2D eigenvalue weighted by atomic mass is 10.3. The normalized spacial score (nSPS) is 12.2. The highest BCUT2D eigenvalue weighted by atomic mass is 16.7. The number of ether oxygens (including phenoxy) is 2. The van der Waals surface area contributed by atoms with Gasteiger partial charge in [-0.3, -0.25) is 4.79 Å². The first-order valence-electron chi connectivity index (χ1n) is 4.62. The summed E-state index contributed by atoms with van der Waals surface area (Å²) in [6.45, 7) is 7.59. The molecule has 0 aliphatic heterocycles. The van der Waals surface area contributed by atoms with Crippen LogP contribution in [0.4, 0.5) is 0 Å². The number of hydrogen-bond donors (Lipinski definition) is 0. The highest BCUT2D eigenvalue weighted by Gasteiger charge is 2.06. The molecule has 0 heterocycles. The summed E-state index contributed by atoms with van der Waals surface area (Å²) >= 11 is 0. The van der Waals surface area contributed by atoms with Gasteiger partial charge in [-0.15, -0.1) is 0 Å². The monoisotopic (exact) mass is 186 g/mol. The third-order valence-corrected chi connectivity index (χ3v) is 1.50. The average Bonchev–Trinajstić information content (AvgIpc) is 2.09. The van der Waals surface area contributed by atoms with Crippen LogP contribution in [0.3, 0.4) is 0 Å². The van der Waals surface area contributed by atoms with Crippen molar-refractivity contribution < 1.29 is 14.3 Å². The maximum atomic E-state index is 10.6. The Labute approximate surface area is 79.7 Å². The lowest BCUT2D eigenvalue weighted by Crippen LogP contribution is -2.17. The lowest BCUT2D eigenvalue weighted by molar-refractivity contribution is -0.166. The molecule has 0 amide bonds. The molecule has 13 heavy (non-hydrogen) atoms. The third kappa shape index (κ3) is 7.53. The smallest absolute Gasteiger partial charge is 0.305 e. The number of rotatable bonds is 7. The summed E-state index contributed by atoms with van der Waals surface area (Å²) in [6.07, 6.45) is 4.16. The maximum absolute atomic E-state index is 10.6. The van der Waals surface area contributed by atoms with Crippen molar-refractivity contribution in [2.24, 2.45) is 0 Å². The van der Waals surface area contributed by atoms with Crippen LogP contribution in [-0.2, 0) is 14.3 Å². The Morgan fingerprint density at radius 3 is 2.69 bits per heavy atom. The van der Waals surface area contributed by atoms with Crippen molar-refractivity contribution in [2.45, 2.75) is 39.4 Å². The zero-order chi connectivity index (χ0) is 10.1. The van der Waals surface area contributed by atoms with Gasteiger partial charge in [-0.1, -0.05) is 26.3 Å². The van der Waals surface area contributed by atoms with Crippen molar-refractivity contribution in [1.29, 1.82) is 0 Å². The fraction of sp³-hybridized carbons (Fsp3) is 0.700. The first-order chi connectivity index (χ1) is 6.20. The largest absolute Gasteiger partial charge is 0.432 e. The minimum absolute atomic E-state index is 0.347. The third-order valence-electron chi connectivity index (χ3n) is 1.50. The van der Waals surface area contributed by atoms with Gasteiger partial charge in [0, 0.05) is 6.92 Å². The number of carbonyl (C=O) groups is 1. The molecular weight excluding hydrogens is 168 g/mol. The molecule has 0 aromatic heterocycles. The fourth-order valence-electron chi connectivity index (χ4n) is 0.865. The second-order valence-electron chi connectivity index (χ2n) is 2.79. The van der Waals surface area contributed by atoms with Crippen LogP contribution in [0.5, 0.6) is 0 Å². The molecule has 1 unspecified atom stereocenters. The first kappa shape index (κ1) is 12.2. The Morgan fingerprint density at radius 1 is 1.54 bits per heavy atom. The molecule has 0 aliphatic rings. The molecule has 0 aromatic carbocycles. The van der Waals surface area contributed by atoms with Gasteiger partial charge in [0.25, 0.3) is 0 Å². The van der Waals surface area contributed by atoms with Crippen LogP contribution in [0.2, 0.25) is 0 Å². The number of unbranched alkanes of at least 4 members (excludes halogenated alkanes) is 2. The fourth-order valence-corrected chi connectivity index (χ4v) is 0.865. The van der Waals surface area contributed by atoms with E-state index in [0.29, 0.717) is 6.61 Å². The number of carbonyl (C=O) groups excluding carboxylic acids is 1. The van der Waals surface area contributed by atoms with Gasteiger partial charge in [-0.05, 0) is 12.5 Å². The summed E-state index contributed by atoms with van der Waals surface area (Å²) in [7, 11) is 0. The van der Waals surface area contributed by atoms with Crippen LogP contribution in [0.25, 0.3) is 0 Å². The van der Waals surface area contributed by atoms with E-state index < -0.39 is 6.29 Å². The minimum Gasteiger partial charge on any atom is -0.432 e. The molecule has 0 radical (unpaired) electrons. The summed E-state index contributed by atoms with van der Waals surface area (Å²) < 4.78 is 10.0. The van der Waals surface area contributed by atoms with Gasteiger partial charge in [-0.25, -0.2) is 0 Å². The van der Waals surface area contributed by atoms with Crippen molar-refractivity contribution in [3.8, 4) is 0 Å². The van der Waals surface area contributed by atoms with Crippen molar-refractivity contribution in [3.05, 3.63) is 12.7 Å². The van der Waals surface area contributed by atoms with E-state index in [1.54, 1.807) is 0 Å². The molecule has 3 heteroatoms. The summed E-state index contributed by atoms with van der Waals surface area (Å²) in [5, 5.41) is 0. The number of hydrogen-bond acceptors (Lipinski definition) is 3. The van der Waals surface area contributed by atoms with Crippen molar-refractivity contribution in [1.82, 2.24) is 0 Å². The van der Waals surface area contributed by atoms with Gasteiger partial charge in [-0.2, -0.15) is 0 Å². The van der Waals surface area contributed by atoms with E-state index in [1.807, 2.05) is 0 Å². The summed E-state index contributed by atoms with van der Waals surface area (Å²) in [5.74, 6) is -0.347. The molecule has 0 spiro atoms. The second-order valence-corrected chi connectivity index (χ2v) is 2.79. The SMILES string of the molecule is C=CC(OCCCCC)OC(C)=O. The average molecular weight is 186 g/mol. The van der Waals surface area contributed by atoms with E-state index in [4.69, 9.17) is 9.47 Å². The van der Waals surface area contributed by atoms with Crippen LogP contribution < -0.4 is 0 Å². The predicted molar refractivity (Wildman–Crippen MR) is 51.2 cm³/mol. The molecule has 0 N–H and O–H groups in total. The Balaban J connectivity index is 3.48. The molecule has 0 fully saturated rings.